The SMILES string of the molecule is N#CNC(=NCCc1ccc2c(c1)OCO2)NC1CCCCN(CC(=O)N2CCCC2)C1=O. The summed E-state index contributed by atoms with van der Waals surface area (Å²) in [5.74, 6) is 1.61. The molecule has 2 fully saturated rings. The monoisotopic (exact) mass is 454 g/mol. The smallest absolute Gasteiger partial charge is 0.245 e. The Morgan fingerprint density at radius 2 is 1.94 bits per heavy atom. The van der Waals surface area contributed by atoms with Gasteiger partial charge in [-0.3, -0.25) is 19.9 Å². The van der Waals surface area contributed by atoms with Crippen LogP contribution in [0.3, 0.4) is 0 Å². The third kappa shape index (κ3) is 5.86. The van der Waals surface area contributed by atoms with E-state index in [-0.39, 0.29) is 31.1 Å². The number of ether oxygens (including phenoxy) is 2. The fourth-order valence-electron chi connectivity index (χ4n) is 4.36. The highest BCUT2D eigenvalue weighted by Crippen LogP contribution is 2.32. The Hall–Kier alpha value is -3.48. The average Bonchev–Trinajstić information content (AvgIpc) is 3.48. The zero-order chi connectivity index (χ0) is 23.0. The molecule has 10 heteroatoms. The highest BCUT2D eigenvalue weighted by atomic mass is 16.7. The number of carbonyl (C=O) groups excluding carboxylic acids is 2. The van der Waals surface area contributed by atoms with E-state index in [2.05, 4.69) is 15.6 Å². The van der Waals surface area contributed by atoms with Crippen molar-refractivity contribution in [2.75, 3.05) is 39.5 Å². The number of nitrogens with one attached hydrogen (secondary N) is 2. The molecule has 3 heterocycles. The number of benzene rings is 1. The standard InChI is InChI=1S/C23H30N6O4/c24-15-26-23(25-9-8-17-6-7-19-20(13-17)33-16-32-19)27-18-5-1-2-12-29(22(18)31)14-21(30)28-10-3-4-11-28/h6-7,13,18H,1-5,8-12,14,16H2,(H2,25,26,27). The summed E-state index contributed by atoms with van der Waals surface area (Å²) in [6.45, 7) is 2.88. The highest BCUT2D eigenvalue weighted by molar-refractivity contribution is 5.92. The summed E-state index contributed by atoms with van der Waals surface area (Å²) in [5, 5.41) is 14.8. The number of guanidine groups is 1. The Morgan fingerprint density at radius 1 is 1.15 bits per heavy atom. The molecule has 1 aromatic rings. The van der Waals surface area contributed by atoms with Crippen molar-refractivity contribution in [2.24, 2.45) is 4.99 Å². The van der Waals surface area contributed by atoms with Gasteiger partial charge in [0.15, 0.2) is 17.7 Å². The molecule has 0 aromatic heterocycles. The molecule has 4 rings (SSSR count). The Balaban J connectivity index is 1.35. The lowest BCUT2D eigenvalue weighted by Gasteiger charge is -2.27. The minimum Gasteiger partial charge on any atom is -0.454 e. The van der Waals surface area contributed by atoms with E-state index in [9.17, 15) is 9.59 Å². The van der Waals surface area contributed by atoms with E-state index in [4.69, 9.17) is 14.7 Å². The normalized spacial score (nSPS) is 20.4. The van der Waals surface area contributed by atoms with Crippen LogP contribution >= 0.6 is 0 Å². The summed E-state index contributed by atoms with van der Waals surface area (Å²) in [4.78, 5) is 33.6. The number of likely N-dealkylation sites (tertiary alicyclic amines) is 2. The first-order valence-corrected chi connectivity index (χ1v) is 11.6. The summed E-state index contributed by atoms with van der Waals surface area (Å²) >= 11 is 0. The van der Waals surface area contributed by atoms with Gasteiger partial charge >= 0.3 is 0 Å². The minimum absolute atomic E-state index is 0.00858. The number of hydrogen-bond donors (Lipinski definition) is 2. The molecule has 1 aromatic carbocycles. The third-order valence-corrected chi connectivity index (χ3v) is 6.16. The van der Waals surface area contributed by atoms with Gasteiger partial charge in [0.2, 0.25) is 24.6 Å². The molecule has 33 heavy (non-hydrogen) atoms. The maximum absolute atomic E-state index is 13.1. The summed E-state index contributed by atoms with van der Waals surface area (Å²) in [7, 11) is 0. The first kappa shape index (κ1) is 22.7. The third-order valence-electron chi connectivity index (χ3n) is 6.16. The van der Waals surface area contributed by atoms with Crippen LogP contribution in [-0.4, -0.2) is 73.1 Å². The maximum Gasteiger partial charge on any atom is 0.245 e. The predicted molar refractivity (Wildman–Crippen MR) is 120 cm³/mol. The molecule has 0 aliphatic carbocycles. The van der Waals surface area contributed by atoms with Gasteiger partial charge in [-0.15, -0.1) is 0 Å². The molecule has 3 aliphatic rings. The van der Waals surface area contributed by atoms with Crippen LogP contribution in [0.5, 0.6) is 11.5 Å². The summed E-state index contributed by atoms with van der Waals surface area (Å²) < 4.78 is 10.7. The van der Waals surface area contributed by atoms with Crippen molar-refractivity contribution in [1.82, 2.24) is 20.4 Å². The lowest BCUT2D eigenvalue weighted by Crippen LogP contribution is -2.52. The molecule has 2 N–H and O–H groups in total. The van der Waals surface area contributed by atoms with Gasteiger partial charge in [0.25, 0.3) is 0 Å². The van der Waals surface area contributed by atoms with E-state index in [1.165, 1.54) is 0 Å². The van der Waals surface area contributed by atoms with E-state index in [0.29, 0.717) is 25.9 Å². The van der Waals surface area contributed by atoms with Crippen LogP contribution in [0.1, 0.15) is 37.7 Å². The van der Waals surface area contributed by atoms with Crippen LogP contribution in [0, 0.1) is 11.5 Å². The molecule has 3 aliphatic heterocycles. The average molecular weight is 455 g/mol. The molecule has 2 amide bonds. The molecule has 1 unspecified atom stereocenters. The Labute approximate surface area is 193 Å². The number of nitriles is 1. The summed E-state index contributed by atoms with van der Waals surface area (Å²) in [6.07, 6.45) is 6.90. The van der Waals surface area contributed by atoms with Gasteiger partial charge < -0.3 is 24.6 Å². The van der Waals surface area contributed by atoms with Crippen LogP contribution in [0.25, 0.3) is 0 Å². The first-order chi connectivity index (χ1) is 16.1. The molecule has 10 nitrogen and oxygen atoms in total. The number of rotatable bonds is 6. The van der Waals surface area contributed by atoms with Crippen molar-refractivity contribution >= 4 is 17.8 Å². The van der Waals surface area contributed by atoms with E-state index in [1.54, 1.807) is 4.90 Å². The molecule has 1 atom stereocenters. The number of nitrogens with zero attached hydrogens (tertiary/aromatic N) is 4. The highest BCUT2D eigenvalue weighted by Gasteiger charge is 2.30. The predicted octanol–water partition coefficient (Wildman–Crippen LogP) is 0.978. The first-order valence-electron chi connectivity index (χ1n) is 11.6. The van der Waals surface area contributed by atoms with E-state index in [1.807, 2.05) is 29.3 Å². The molecule has 0 radical (unpaired) electrons. The van der Waals surface area contributed by atoms with Crippen molar-refractivity contribution in [2.45, 2.75) is 44.6 Å². The molecule has 0 bridgehead atoms. The number of amides is 2. The van der Waals surface area contributed by atoms with Gasteiger partial charge in [0, 0.05) is 26.2 Å². The molecule has 176 valence electrons. The van der Waals surface area contributed by atoms with Crippen molar-refractivity contribution in [3.8, 4) is 17.7 Å². The molecule has 0 saturated carbocycles. The summed E-state index contributed by atoms with van der Waals surface area (Å²) in [5.41, 5.74) is 1.04. The number of hydrogen-bond acceptors (Lipinski definition) is 6. The quantitative estimate of drug-likeness (QED) is 0.285. The van der Waals surface area contributed by atoms with Gasteiger partial charge in [-0.25, -0.2) is 0 Å². The zero-order valence-corrected chi connectivity index (χ0v) is 18.7. The van der Waals surface area contributed by atoms with Crippen molar-refractivity contribution < 1.29 is 19.1 Å². The van der Waals surface area contributed by atoms with E-state index < -0.39 is 6.04 Å². The second-order valence-electron chi connectivity index (χ2n) is 8.45. The van der Waals surface area contributed by atoms with Gasteiger partial charge in [0.05, 0.1) is 6.54 Å². The van der Waals surface area contributed by atoms with Gasteiger partial charge in [-0.05, 0) is 56.2 Å². The largest absolute Gasteiger partial charge is 0.454 e. The Kier molecular flexibility index (Phi) is 7.50. The molecule has 2 saturated heterocycles. The number of fused-ring (bicyclic) bond motifs is 1. The second kappa shape index (κ2) is 10.9. The summed E-state index contributed by atoms with van der Waals surface area (Å²) in [6, 6.07) is 5.23. The van der Waals surface area contributed by atoms with Crippen LogP contribution in [0.4, 0.5) is 0 Å². The molecular weight excluding hydrogens is 424 g/mol. The van der Waals surface area contributed by atoms with E-state index in [0.717, 1.165) is 55.8 Å². The van der Waals surface area contributed by atoms with E-state index >= 15 is 0 Å². The molecule has 0 spiro atoms. The maximum atomic E-state index is 13.1. The lowest BCUT2D eigenvalue weighted by molar-refractivity contribution is -0.140. The van der Waals surface area contributed by atoms with Crippen molar-refractivity contribution in [3.63, 3.8) is 0 Å². The fraction of sp³-hybridized carbons (Fsp3) is 0.565. The molecular formula is C23H30N6O4. The van der Waals surface area contributed by atoms with Gasteiger partial charge in [0.1, 0.15) is 6.04 Å². The minimum atomic E-state index is -0.524. The van der Waals surface area contributed by atoms with Gasteiger partial charge in [-0.1, -0.05) is 6.07 Å². The Morgan fingerprint density at radius 3 is 2.76 bits per heavy atom. The van der Waals surface area contributed by atoms with Crippen molar-refractivity contribution in [1.29, 1.82) is 5.26 Å². The fourth-order valence-corrected chi connectivity index (χ4v) is 4.36. The van der Waals surface area contributed by atoms with Crippen molar-refractivity contribution in [3.05, 3.63) is 23.8 Å². The number of aliphatic imine (C=N–C) groups is 1. The second-order valence-corrected chi connectivity index (χ2v) is 8.45. The van der Waals surface area contributed by atoms with Crippen LogP contribution in [0.2, 0.25) is 0 Å². The van der Waals surface area contributed by atoms with Gasteiger partial charge in [-0.2, -0.15) is 5.26 Å². The zero-order valence-electron chi connectivity index (χ0n) is 18.7. The number of carbonyl (C=O) groups is 2. The topological polar surface area (TPSA) is 119 Å². The lowest BCUT2D eigenvalue weighted by atomic mass is 10.1. The Bertz CT molecular complexity index is 937. The van der Waals surface area contributed by atoms with Crippen LogP contribution < -0.4 is 20.1 Å². The van der Waals surface area contributed by atoms with Crippen LogP contribution in [0.15, 0.2) is 23.2 Å². The van der Waals surface area contributed by atoms with Crippen LogP contribution in [-0.2, 0) is 16.0 Å².